The summed E-state index contributed by atoms with van der Waals surface area (Å²) in [6.45, 7) is 13.5. The van der Waals surface area contributed by atoms with E-state index in [1.54, 1.807) is 0 Å². The molecular weight excluding hydrogens is 579 g/mol. The number of hydrogen-bond donors (Lipinski definition) is 2. The van der Waals surface area contributed by atoms with Crippen molar-refractivity contribution in [3.8, 4) is 0 Å². The maximum absolute atomic E-state index is 8.38. The van der Waals surface area contributed by atoms with Crippen LogP contribution in [-0.2, 0) is 20.2 Å². The minimum atomic E-state index is -0.114. The first-order valence-corrected chi connectivity index (χ1v) is 17.4. The zero-order valence-electron chi connectivity index (χ0n) is 27.6. The number of nitrogens with zero attached hydrogens (tertiary/aromatic N) is 2. The van der Waals surface area contributed by atoms with Gasteiger partial charge in [0, 0.05) is 71.0 Å². The van der Waals surface area contributed by atoms with E-state index in [0.29, 0.717) is 0 Å². The molecular formula is C38H50N3O3S+. The number of nitrogens with two attached hydrogens (primary N) is 1. The van der Waals surface area contributed by atoms with Gasteiger partial charge in [-0.15, -0.1) is 4.33 Å². The molecule has 0 fully saturated rings. The number of para-hydroxylation sites is 2. The van der Waals surface area contributed by atoms with Gasteiger partial charge in [0.25, 0.3) is 0 Å². The molecule has 6 nitrogen and oxygen atoms in total. The standard InChI is InChI=1S/C38H49N3O3S/c1-6-7-12-25-40-32-17-10-8-15-30(32)37(2,3)34(40)23-21-28-19-20-29(36(28)39)22-24-35-38(4,5)31-16-9-11-18-33(31)41(35)26-13-14-27-45-44-43-42/h8-11,15-18,21-24,39,42H,6-7,12-14,19-20,25-27H2,1-5H3/p+1. The number of benzene rings is 2. The third-order valence-corrected chi connectivity index (χ3v) is 10.4. The van der Waals surface area contributed by atoms with Crippen LogP contribution in [0.2, 0.25) is 0 Å². The van der Waals surface area contributed by atoms with Gasteiger partial charge >= 0.3 is 0 Å². The molecule has 0 saturated carbocycles. The van der Waals surface area contributed by atoms with Crippen molar-refractivity contribution < 1.29 is 19.2 Å². The third-order valence-electron chi connectivity index (χ3n) is 9.76. The van der Waals surface area contributed by atoms with E-state index in [2.05, 4.69) is 126 Å². The lowest BCUT2D eigenvalue weighted by Crippen LogP contribution is -2.28. The SMILES string of the molecule is CCCCC[N+]1=C(C=CC2=C(N)C(=CC=C3N(CCCCSOOO)c4ccccc4C3(C)C)CC2)C(C)(C)c2ccccc21. The third kappa shape index (κ3) is 6.87. The Balaban J connectivity index is 1.39. The van der Waals surface area contributed by atoms with Gasteiger partial charge in [-0.05, 0) is 74.8 Å². The van der Waals surface area contributed by atoms with Crippen LogP contribution in [-0.4, -0.2) is 34.4 Å². The lowest BCUT2D eigenvalue weighted by molar-refractivity contribution is -0.438. The fourth-order valence-corrected chi connectivity index (χ4v) is 7.65. The van der Waals surface area contributed by atoms with Crippen LogP contribution < -0.4 is 10.6 Å². The highest BCUT2D eigenvalue weighted by Gasteiger charge is 2.44. The maximum atomic E-state index is 8.38. The summed E-state index contributed by atoms with van der Waals surface area (Å²) >= 11 is 1.12. The van der Waals surface area contributed by atoms with Gasteiger partial charge in [-0.3, -0.25) is 0 Å². The minimum absolute atomic E-state index is 0.0544. The van der Waals surface area contributed by atoms with E-state index in [-0.39, 0.29) is 10.8 Å². The molecule has 3 aliphatic rings. The average Bonchev–Trinajstić information content (AvgIpc) is 3.57. The van der Waals surface area contributed by atoms with Gasteiger partial charge in [0.2, 0.25) is 5.69 Å². The molecule has 7 heteroatoms. The summed E-state index contributed by atoms with van der Waals surface area (Å²) < 4.78 is 7.08. The molecule has 5 rings (SSSR count). The first-order chi connectivity index (χ1) is 21.7. The summed E-state index contributed by atoms with van der Waals surface area (Å²) in [5.41, 5.74) is 18.0. The molecule has 240 valence electrons. The Kier molecular flexibility index (Phi) is 10.8. The second-order valence-electron chi connectivity index (χ2n) is 13.4. The summed E-state index contributed by atoms with van der Waals surface area (Å²) in [6.07, 6.45) is 16.7. The van der Waals surface area contributed by atoms with E-state index in [1.807, 2.05) is 0 Å². The second kappa shape index (κ2) is 14.5. The van der Waals surface area contributed by atoms with Crippen LogP contribution in [0.1, 0.15) is 90.7 Å². The quantitative estimate of drug-likeness (QED) is 0.0714. The topological polar surface area (TPSA) is 71.0 Å². The van der Waals surface area contributed by atoms with Crippen LogP contribution in [0.5, 0.6) is 0 Å². The summed E-state index contributed by atoms with van der Waals surface area (Å²) in [5.74, 6) is 0.749. The van der Waals surface area contributed by atoms with Crippen molar-refractivity contribution in [2.24, 2.45) is 5.73 Å². The predicted molar refractivity (Wildman–Crippen MR) is 188 cm³/mol. The summed E-state index contributed by atoms with van der Waals surface area (Å²) in [5, 5.41) is 12.1. The molecule has 2 heterocycles. The van der Waals surface area contributed by atoms with Gasteiger partial charge in [0.1, 0.15) is 6.54 Å². The van der Waals surface area contributed by atoms with Crippen LogP contribution >= 0.6 is 12.0 Å². The van der Waals surface area contributed by atoms with E-state index in [0.717, 1.165) is 62.3 Å². The molecule has 0 bridgehead atoms. The van der Waals surface area contributed by atoms with Crippen molar-refractivity contribution in [3.05, 3.63) is 107 Å². The number of fused-ring (bicyclic) bond motifs is 2. The Bertz CT molecular complexity index is 1530. The molecule has 0 radical (unpaired) electrons. The molecule has 3 N–H and O–H groups in total. The molecule has 45 heavy (non-hydrogen) atoms. The van der Waals surface area contributed by atoms with Crippen molar-refractivity contribution >= 4 is 29.1 Å². The number of anilines is 1. The zero-order valence-corrected chi connectivity index (χ0v) is 28.5. The fraction of sp³-hybridized carbons (Fsp3) is 0.447. The maximum Gasteiger partial charge on any atom is 0.209 e. The van der Waals surface area contributed by atoms with Crippen LogP contribution in [0.15, 0.2) is 95.4 Å². The van der Waals surface area contributed by atoms with Crippen LogP contribution in [0.3, 0.4) is 0 Å². The molecule has 0 amide bonds. The molecule has 0 aromatic heterocycles. The molecule has 0 atom stereocenters. The van der Waals surface area contributed by atoms with E-state index in [9.17, 15) is 0 Å². The minimum Gasteiger partial charge on any atom is -0.398 e. The van der Waals surface area contributed by atoms with Gasteiger partial charge in [-0.25, -0.2) is 5.26 Å². The van der Waals surface area contributed by atoms with Gasteiger partial charge in [0.05, 0.1) is 5.41 Å². The van der Waals surface area contributed by atoms with Crippen molar-refractivity contribution in [2.75, 3.05) is 23.7 Å². The van der Waals surface area contributed by atoms with E-state index >= 15 is 0 Å². The first-order valence-electron chi connectivity index (χ1n) is 16.5. The molecule has 2 aromatic rings. The normalized spacial score (nSPS) is 20.4. The second-order valence-corrected chi connectivity index (χ2v) is 14.1. The van der Waals surface area contributed by atoms with Gasteiger partial charge < -0.3 is 10.6 Å². The Morgan fingerprint density at radius 3 is 2.44 bits per heavy atom. The van der Waals surface area contributed by atoms with E-state index in [1.165, 1.54) is 64.3 Å². The van der Waals surface area contributed by atoms with Crippen molar-refractivity contribution in [1.82, 2.24) is 0 Å². The molecule has 2 aromatic carbocycles. The number of rotatable bonds is 14. The molecule has 0 unspecified atom stereocenters. The van der Waals surface area contributed by atoms with Crippen molar-refractivity contribution in [2.45, 2.75) is 90.4 Å². The van der Waals surface area contributed by atoms with Crippen molar-refractivity contribution in [3.63, 3.8) is 0 Å². The van der Waals surface area contributed by atoms with Crippen molar-refractivity contribution in [1.29, 1.82) is 0 Å². The van der Waals surface area contributed by atoms with Gasteiger partial charge in [-0.2, -0.15) is 4.58 Å². The highest BCUT2D eigenvalue weighted by molar-refractivity contribution is 7.94. The van der Waals surface area contributed by atoms with E-state index < -0.39 is 0 Å². The Labute approximate surface area is 274 Å². The molecule has 0 spiro atoms. The zero-order chi connectivity index (χ0) is 32.0. The smallest absolute Gasteiger partial charge is 0.209 e. The van der Waals surface area contributed by atoms with Crippen LogP contribution in [0.25, 0.3) is 0 Å². The van der Waals surface area contributed by atoms with Crippen LogP contribution in [0, 0.1) is 0 Å². The first kappa shape index (κ1) is 33.3. The van der Waals surface area contributed by atoms with Gasteiger partial charge in [-0.1, -0.05) is 80.8 Å². The summed E-state index contributed by atoms with van der Waals surface area (Å²) in [4.78, 5) is 2.46. The monoisotopic (exact) mass is 628 g/mol. The Morgan fingerprint density at radius 1 is 0.911 bits per heavy atom. The predicted octanol–water partition coefficient (Wildman–Crippen LogP) is 9.27. The Morgan fingerprint density at radius 2 is 1.67 bits per heavy atom. The van der Waals surface area contributed by atoms with Crippen LogP contribution in [0.4, 0.5) is 11.4 Å². The lowest BCUT2D eigenvalue weighted by atomic mass is 9.81. The summed E-state index contributed by atoms with van der Waals surface area (Å²) in [7, 11) is 0. The largest absolute Gasteiger partial charge is 0.398 e. The highest BCUT2D eigenvalue weighted by atomic mass is 32.2. The molecule has 0 saturated heterocycles. The fourth-order valence-electron chi connectivity index (χ4n) is 7.22. The lowest BCUT2D eigenvalue weighted by Gasteiger charge is -2.27. The highest BCUT2D eigenvalue weighted by Crippen LogP contribution is 2.48. The number of hydrogen-bond acceptors (Lipinski definition) is 6. The molecule has 2 aliphatic heterocycles. The van der Waals surface area contributed by atoms with Gasteiger partial charge in [0.15, 0.2) is 5.71 Å². The summed E-state index contributed by atoms with van der Waals surface area (Å²) in [6, 6.07) is 17.6. The number of unbranched alkanes of at least 4 members (excludes halogenated alkanes) is 3. The number of allylic oxidation sites excluding steroid dienone is 7. The average molecular weight is 629 g/mol. The Hall–Kier alpha value is -3.10. The molecule has 1 aliphatic carbocycles. The van der Waals surface area contributed by atoms with E-state index in [4.69, 9.17) is 11.0 Å².